The average molecular weight is 223 g/mol. The third-order valence-electron chi connectivity index (χ3n) is 1.82. The number of hydrogen-bond acceptors (Lipinski definition) is 3. The van der Waals surface area contributed by atoms with Gasteiger partial charge in [-0.25, -0.2) is 0 Å². The van der Waals surface area contributed by atoms with Gasteiger partial charge in [0.1, 0.15) is 12.4 Å². The van der Waals surface area contributed by atoms with Gasteiger partial charge >= 0.3 is 6.18 Å². The van der Waals surface area contributed by atoms with E-state index in [1.165, 1.54) is 6.26 Å². The summed E-state index contributed by atoms with van der Waals surface area (Å²) in [5.74, 6) is 0.486. The van der Waals surface area contributed by atoms with Crippen LogP contribution in [0.5, 0.6) is 0 Å². The molecule has 0 saturated carbocycles. The summed E-state index contributed by atoms with van der Waals surface area (Å²) in [5.41, 5.74) is 6.12. The first kappa shape index (κ1) is 12.1. The molecule has 0 amide bonds. The molecule has 2 N–H and O–H groups in total. The van der Waals surface area contributed by atoms with Crippen molar-refractivity contribution >= 4 is 0 Å². The molecule has 1 aromatic rings. The normalized spacial score (nSPS) is 12.0. The van der Waals surface area contributed by atoms with Crippen LogP contribution in [0.1, 0.15) is 17.7 Å². The van der Waals surface area contributed by atoms with Gasteiger partial charge in [0.2, 0.25) is 0 Å². The Morgan fingerprint density at radius 1 is 1.40 bits per heavy atom. The van der Waals surface area contributed by atoms with E-state index in [9.17, 15) is 13.2 Å². The standard InChI is InChI=1S/C9H12F3NO2/c10-9(11,12)2-4-14-6-8-7(5-13)1-3-15-8/h1,3H,2,4-6,13H2. The van der Waals surface area contributed by atoms with Crippen molar-refractivity contribution in [2.24, 2.45) is 5.73 Å². The van der Waals surface area contributed by atoms with Crippen LogP contribution in [0.2, 0.25) is 0 Å². The predicted molar refractivity (Wildman–Crippen MR) is 46.9 cm³/mol. The van der Waals surface area contributed by atoms with Crippen LogP contribution in [-0.4, -0.2) is 12.8 Å². The van der Waals surface area contributed by atoms with E-state index in [1.807, 2.05) is 0 Å². The van der Waals surface area contributed by atoms with E-state index >= 15 is 0 Å². The van der Waals surface area contributed by atoms with Crippen LogP contribution >= 0.6 is 0 Å². The van der Waals surface area contributed by atoms with Crippen LogP contribution in [0.4, 0.5) is 13.2 Å². The number of nitrogens with two attached hydrogens (primary N) is 1. The third-order valence-corrected chi connectivity index (χ3v) is 1.82. The summed E-state index contributed by atoms with van der Waals surface area (Å²) in [5, 5.41) is 0. The Balaban J connectivity index is 2.26. The number of ether oxygens (including phenoxy) is 1. The minimum atomic E-state index is -4.18. The fraction of sp³-hybridized carbons (Fsp3) is 0.556. The molecule has 0 aliphatic carbocycles. The van der Waals surface area contributed by atoms with E-state index in [0.717, 1.165) is 5.56 Å². The van der Waals surface area contributed by atoms with Gasteiger partial charge in [-0.3, -0.25) is 0 Å². The van der Waals surface area contributed by atoms with Gasteiger partial charge in [0.05, 0.1) is 19.3 Å². The lowest BCUT2D eigenvalue weighted by Gasteiger charge is -2.06. The molecule has 86 valence electrons. The quantitative estimate of drug-likeness (QED) is 0.778. The summed E-state index contributed by atoms with van der Waals surface area (Å²) in [6.07, 6.45) is -3.70. The molecule has 0 aliphatic heterocycles. The van der Waals surface area contributed by atoms with Crippen molar-refractivity contribution < 1.29 is 22.3 Å². The molecule has 1 heterocycles. The number of furan rings is 1. The smallest absolute Gasteiger partial charge is 0.391 e. The molecule has 0 unspecified atom stereocenters. The van der Waals surface area contributed by atoms with Gasteiger partial charge in [0.25, 0.3) is 0 Å². The van der Waals surface area contributed by atoms with Gasteiger partial charge in [-0.15, -0.1) is 0 Å². The molecule has 0 aliphatic rings. The van der Waals surface area contributed by atoms with E-state index in [-0.39, 0.29) is 19.8 Å². The van der Waals surface area contributed by atoms with Crippen LogP contribution in [0.25, 0.3) is 0 Å². The van der Waals surface area contributed by atoms with Crippen molar-refractivity contribution in [2.45, 2.75) is 25.7 Å². The number of rotatable bonds is 5. The van der Waals surface area contributed by atoms with Crippen molar-refractivity contribution in [1.29, 1.82) is 0 Å². The maximum absolute atomic E-state index is 11.7. The Morgan fingerprint density at radius 3 is 2.73 bits per heavy atom. The fourth-order valence-corrected chi connectivity index (χ4v) is 1.03. The van der Waals surface area contributed by atoms with Gasteiger partial charge in [-0.2, -0.15) is 13.2 Å². The van der Waals surface area contributed by atoms with Gasteiger partial charge in [-0.1, -0.05) is 0 Å². The second-order valence-corrected chi connectivity index (χ2v) is 2.99. The Labute approximate surface area is 85.0 Å². The fourth-order valence-electron chi connectivity index (χ4n) is 1.03. The molecule has 0 atom stereocenters. The highest BCUT2D eigenvalue weighted by Crippen LogP contribution is 2.19. The second kappa shape index (κ2) is 5.18. The van der Waals surface area contributed by atoms with Gasteiger partial charge in [-0.05, 0) is 6.07 Å². The first-order chi connectivity index (χ1) is 7.03. The van der Waals surface area contributed by atoms with Crippen LogP contribution in [0.3, 0.4) is 0 Å². The second-order valence-electron chi connectivity index (χ2n) is 2.99. The lowest BCUT2D eigenvalue weighted by Crippen LogP contribution is -2.11. The minimum Gasteiger partial charge on any atom is -0.467 e. The van der Waals surface area contributed by atoms with Crippen molar-refractivity contribution in [1.82, 2.24) is 0 Å². The zero-order chi connectivity index (χ0) is 11.3. The molecule has 0 aromatic carbocycles. The van der Waals surface area contributed by atoms with Crippen molar-refractivity contribution in [2.75, 3.05) is 6.61 Å². The first-order valence-corrected chi connectivity index (χ1v) is 4.43. The maximum Gasteiger partial charge on any atom is 0.391 e. The van der Waals surface area contributed by atoms with Crippen molar-refractivity contribution in [3.63, 3.8) is 0 Å². The number of hydrogen-bond donors (Lipinski definition) is 1. The van der Waals surface area contributed by atoms with Gasteiger partial charge < -0.3 is 14.9 Å². The minimum absolute atomic E-state index is 0.0234. The van der Waals surface area contributed by atoms with Crippen LogP contribution < -0.4 is 5.73 Å². The zero-order valence-electron chi connectivity index (χ0n) is 8.01. The first-order valence-electron chi connectivity index (χ1n) is 4.43. The molecule has 1 rings (SSSR count). The highest BCUT2D eigenvalue weighted by atomic mass is 19.4. The van der Waals surface area contributed by atoms with Crippen molar-refractivity contribution in [3.05, 3.63) is 23.7 Å². The molecule has 15 heavy (non-hydrogen) atoms. The van der Waals surface area contributed by atoms with E-state index < -0.39 is 12.6 Å². The Bertz CT molecular complexity index is 296. The monoisotopic (exact) mass is 223 g/mol. The molecular formula is C9H12F3NO2. The third kappa shape index (κ3) is 4.35. The molecule has 0 radical (unpaired) electrons. The van der Waals surface area contributed by atoms with E-state index in [4.69, 9.17) is 14.9 Å². The average Bonchev–Trinajstić information content (AvgIpc) is 2.58. The highest BCUT2D eigenvalue weighted by molar-refractivity contribution is 5.15. The summed E-state index contributed by atoms with van der Waals surface area (Å²) in [4.78, 5) is 0. The summed E-state index contributed by atoms with van der Waals surface area (Å²) in [7, 11) is 0. The maximum atomic E-state index is 11.7. The van der Waals surface area contributed by atoms with Crippen LogP contribution in [-0.2, 0) is 17.9 Å². The Kier molecular flexibility index (Phi) is 4.16. The summed E-state index contributed by atoms with van der Waals surface area (Å²) < 4.78 is 45.1. The molecule has 0 saturated heterocycles. The van der Waals surface area contributed by atoms with Gasteiger partial charge in [0, 0.05) is 12.1 Å². The molecule has 0 bridgehead atoms. The topological polar surface area (TPSA) is 48.4 Å². The van der Waals surface area contributed by atoms with Crippen molar-refractivity contribution in [3.8, 4) is 0 Å². The summed E-state index contributed by atoms with van der Waals surface area (Å²) >= 11 is 0. The summed E-state index contributed by atoms with van der Waals surface area (Å²) in [6.45, 7) is -0.0573. The molecule has 0 spiro atoms. The molecule has 3 nitrogen and oxygen atoms in total. The van der Waals surface area contributed by atoms with E-state index in [0.29, 0.717) is 5.76 Å². The Hall–Kier alpha value is -1.01. The largest absolute Gasteiger partial charge is 0.467 e. The summed E-state index contributed by atoms with van der Waals surface area (Å²) in [6, 6.07) is 1.67. The molecule has 0 fully saturated rings. The highest BCUT2D eigenvalue weighted by Gasteiger charge is 2.26. The lowest BCUT2D eigenvalue weighted by atomic mass is 10.2. The Morgan fingerprint density at radius 2 is 2.13 bits per heavy atom. The van der Waals surface area contributed by atoms with Crippen LogP contribution in [0.15, 0.2) is 16.7 Å². The van der Waals surface area contributed by atoms with E-state index in [1.54, 1.807) is 6.07 Å². The lowest BCUT2D eigenvalue weighted by molar-refractivity contribution is -0.146. The zero-order valence-corrected chi connectivity index (χ0v) is 8.01. The van der Waals surface area contributed by atoms with E-state index in [2.05, 4.69) is 0 Å². The van der Waals surface area contributed by atoms with Crippen LogP contribution in [0, 0.1) is 0 Å². The molecule has 6 heteroatoms. The number of halogens is 3. The number of alkyl halides is 3. The molecular weight excluding hydrogens is 211 g/mol. The predicted octanol–water partition coefficient (Wildman–Crippen LogP) is 2.21. The molecule has 1 aromatic heterocycles. The SMILES string of the molecule is NCc1ccoc1COCCC(F)(F)F. The van der Waals surface area contributed by atoms with Gasteiger partial charge in [0.15, 0.2) is 0 Å².